The van der Waals surface area contributed by atoms with E-state index in [0.717, 1.165) is 37.7 Å². The van der Waals surface area contributed by atoms with E-state index >= 15 is 0 Å². The van der Waals surface area contributed by atoms with Crippen LogP contribution in [0.5, 0.6) is 0 Å². The normalized spacial score (nSPS) is 25.7. The highest BCUT2D eigenvalue weighted by Gasteiger charge is 2.53. The second-order valence-electron chi connectivity index (χ2n) is 11.9. The fraction of sp³-hybridized carbons (Fsp3) is 0.667. The summed E-state index contributed by atoms with van der Waals surface area (Å²) in [6, 6.07) is 6.88. The zero-order valence-electron chi connectivity index (χ0n) is 23.5. The lowest BCUT2D eigenvalue weighted by Gasteiger charge is -2.52. The van der Waals surface area contributed by atoms with Gasteiger partial charge < -0.3 is 20.0 Å². The lowest BCUT2D eigenvalue weighted by molar-refractivity contribution is -0.162. The van der Waals surface area contributed by atoms with E-state index in [2.05, 4.69) is 22.6 Å². The van der Waals surface area contributed by atoms with Crippen LogP contribution >= 0.6 is 12.4 Å². The number of fused-ring (bicyclic) bond motifs is 7. The van der Waals surface area contributed by atoms with Gasteiger partial charge in [0.1, 0.15) is 11.6 Å². The Kier molecular flexibility index (Phi) is 10.1. The molecule has 0 unspecified atom stereocenters. The van der Waals surface area contributed by atoms with Crippen LogP contribution in [0.1, 0.15) is 99.4 Å². The van der Waals surface area contributed by atoms with Crippen LogP contribution in [-0.2, 0) is 19.2 Å². The van der Waals surface area contributed by atoms with Crippen LogP contribution in [0, 0.1) is 5.92 Å². The minimum Gasteiger partial charge on any atom is -0.342 e. The average molecular weight is 575 g/mol. The summed E-state index contributed by atoms with van der Waals surface area (Å²) in [7, 11) is 0. The standard InChI is InChI=1S/C30H42N4O5.ClH/c1-2-3-15-34-28(37)25(18-21-7-5-4-6-8-21)31-29(38)30(34)13-16-33(17-14-30)20-24-19-26(35)39-32-27(36)23-11-9-22(24)10-12-23;/h9-12,21,24-25H,2-8,13-20H2,1H3,(H,31,38)(H,32,36);1H/t24-,25+;/m1./s1. The number of piperidine rings is 1. The molecule has 1 spiro atoms. The lowest BCUT2D eigenvalue weighted by Crippen LogP contribution is -2.73. The SMILES string of the molecule is CCCCN1C(=O)[C@H](CC2CCCCC2)NC(=O)C12CCN(C[C@H]1CC(=O)ONC(=O)c3ccc1cc3)CC2.Cl. The molecule has 2 atom stereocenters. The van der Waals surface area contributed by atoms with Gasteiger partial charge in [0.05, 0.1) is 6.42 Å². The average Bonchev–Trinajstić information content (AvgIpc) is 2.96. The first kappa shape index (κ1) is 30.3. The zero-order chi connectivity index (χ0) is 27.4. The smallest absolute Gasteiger partial charge is 0.332 e. The van der Waals surface area contributed by atoms with E-state index in [4.69, 9.17) is 4.84 Å². The van der Waals surface area contributed by atoms with Crippen LogP contribution in [0.25, 0.3) is 0 Å². The van der Waals surface area contributed by atoms with Gasteiger partial charge in [0.15, 0.2) is 0 Å². The van der Waals surface area contributed by atoms with Crippen LogP contribution in [0.4, 0.5) is 0 Å². The van der Waals surface area contributed by atoms with Crippen LogP contribution in [0.15, 0.2) is 24.3 Å². The number of carbonyl (C=O) groups is 4. The van der Waals surface area contributed by atoms with Crippen molar-refractivity contribution in [1.82, 2.24) is 20.6 Å². The molecule has 4 aliphatic heterocycles. The van der Waals surface area contributed by atoms with Crippen LogP contribution in [-0.4, -0.2) is 71.3 Å². The monoisotopic (exact) mass is 574 g/mol. The molecule has 2 saturated heterocycles. The maximum Gasteiger partial charge on any atom is 0.332 e. The Morgan fingerprint density at radius 3 is 2.38 bits per heavy atom. The maximum absolute atomic E-state index is 13.8. The molecular formula is C30H43ClN4O5. The first-order valence-corrected chi connectivity index (χ1v) is 14.8. The summed E-state index contributed by atoms with van der Waals surface area (Å²) in [6.07, 6.45) is 9.93. The number of benzene rings is 1. The number of nitrogens with one attached hydrogen (secondary N) is 2. The Morgan fingerprint density at radius 2 is 1.70 bits per heavy atom. The van der Waals surface area contributed by atoms with Crippen molar-refractivity contribution < 1.29 is 24.0 Å². The number of piperazine rings is 1. The molecule has 0 aromatic heterocycles. The number of rotatable bonds is 7. The van der Waals surface area contributed by atoms with E-state index in [9.17, 15) is 19.2 Å². The number of hydrogen-bond donors (Lipinski definition) is 2. The Labute approximate surface area is 243 Å². The molecule has 40 heavy (non-hydrogen) atoms. The van der Waals surface area contributed by atoms with E-state index in [1.54, 1.807) is 12.1 Å². The molecule has 1 aromatic carbocycles. The van der Waals surface area contributed by atoms with Crippen LogP contribution < -0.4 is 10.8 Å². The molecular weight excluding hydrogens is 532 g/mol. The molecule has 6 rings (SSSR count). The molecule has 0 radical (unpaired) electrons. The van der Waals surface area contributed by atoms with Gasteiger partial charge in [0.2, 0.25) is 11.8 Å². The molecule has 10 heteroatoms. The number of hydroxylamine groups is 1. The van der Waals surface area contributed by atoms with Gasteiger partial charge in [-0.2, -0.15) is 5.48 Å². The Balaban J connectivity index is 0.00000370. The Hall–Kier alpha value is -2.65. The molecule has 1 saturated carbocycles. The number of nitrogens with zero attached hydrogens (tertiary/aromatic N) is 2. The summed E-state index contributed by atoms with van der Waals surface area (Å²) < 4.78 is 0. The molecule has 1 aliphatic carbocycles. The number of halogens is 1. The van der Waals surface area contributed by atoms with E-state index in [1.807, 2.05) is 17.0 Å². The molecule has 220 valence electrons. The van der Waals surface area contributed by atoms with Crippen molar-refractivity contribution in [2.75, 3.05) is 26.2 Å². The first-order chi connectivity index (χ1) is 18.9. The number of unbranched alkanes of at least 4 members (excludes halogenated alkanes) is 1. The summed E-state index contributed by atoms with van der Waals surface area (Å²) in [5.41, 5.74) is 2.84. The highest BCUT2D eigenvalue weighted by atomic mass is 35.5. The lowest BCUT2D eigenvalue weighted by atomic mass is 9.79. The molecule has 4 heterocycles. The first-order valence-electron chi connectivity index (χ1n) is 14.8. The van der Waals surface area contributed by atoms with Gasteiger partial charge in [-0.25, -0.2) is 4.79 Å². The molecule has 3 fully saturated rings. The molecule has 5 aliphatic rings. The van der Waals surface area contributed by atoms with Gasteiger partial charge in [-0.3, -0.25) is 14.4 Å². The summed E-state index contributed by atoms with van der Waals surface area (Å²) in [4.78, 5) is 61.1. The Morgan fingerprint density at radius 1 is 1.00 bits per heavy atom. The fourth-order valence-electron chi connectivity index (χ4n) is 6.95. The van der Waals surface area contributed by atoms with E-state index in [1.165, 1.54) is 19.3 Å². The highest BCUT2D eigenvalue weighted by molar-refractivity contribution is 6.00. The van der Waals surface area contributed by atoms with E-state index < -0.39 is 23.5 Å². The summed E-state index contributed by atoms with van der Waals surface area (Å²) >= 11 is 0. The molecule has 2 N–H and O–H groups in total. The van der Waals surface area contributed by atoms with Crippen molar-refractivity contribution in [3.05, 3.63) is 35.4 Å². The second-order valence-corrected chi connectivity index (χ2v) is 11.9. The van der Waals surface area contributed by atoms with Crippen molar-refractivity contribution >= 4 is 36.1 Å². The molecule has 1 aromatic rings. The minimum atomic E-state index is -0.799. The molecule has 3 amide bonds. The number of amides is 3. The van der Waals surface area contributed by atoms with Crippen molar-refractivity contribution in [3.8, 4) is 0 Å². The van der Waals surface area contributed by atoms with Crippen molar-refractivity contribution in [1.29, 1.82) is 0 Å². The summed E-state index contributed by atoms with van der Waals surface area (Å²) in [5, 5.41) is 3.17. The van der Waals surface area contributed by atoms with Gasteiger partial charge in [-0.15, -0.1) is 12.4 Å². The largest absolute Gasteiger partial charge is 0.342 e. The van der Waals surface area contributed by atoms with E-state index in [-0.39, 0.29) is 36.6 Å². The second kappa shape index (κ2) is 13.3. The van der Waals surface area contributed by atoms with Gasteiger partial charge in [-0.1, -0.05) is 57.6 Å². The van der Waals surface area contributed by atoms with Gasteiger partial charge >= 0.3 is 5.97 Å². The van der Waals surface area contributed by atoms with Gasteiger partial charge in [0.25, 0.3) is 5.91 Å². The van der Waals surface area contributed by atoms with Crippen molar-refractivity contribution in [3.63, 3.8) is 0 Å². The van der Waals surface area contributed by atoms with Gasteiger partial charge in [-0.05, 0) is 49.3 Å². The fourth-order valence-corrected chi connectivity index (χ4v) is 6.95. The number of hydrogen-bond acceptors (Lipinski definition) is 6. The van der Waals surface area contributed by atoms with Gasteiger partial charge in [0, 0.05) is 37.7 Å². The summed E-state index contributed by atoms with van der Waals surface area (Å²) in [6.45, 7) is 4.70. The van der Waals surface area contributed by atoms with Crippen LogP contribution in [0.2, 0.25) is 0 Å². The predicted octanol–water partition coefficient (Wildman–Crippen LogP) is 3.72. The van der Waals surface area contributed by atoms with Crippen molar-refractivity contribution in [2.45, 2.75) is 95.1 Å². The van der Waals surface area contributed by atoms with E-state index in [0.29, 0.717) is 50.5 Å². The molecule has 2 bridgehead atoms. The number of carbonyl (C=O) groups excluding carboxylic acids is 4. The van der Waals surface area contributed by atoms with Crippen LogP contribution in [0.3, 0.4) is 0 Å². The topological polar surface area (TPSA) is 108 Å². The quantitative estimate of drug-likeness (QED) is 0.514. The third-order valence-corrected chi connectivity index (χ3v) is 9.31. The third-order valence-electron chi connectivity index (χ3n) is 9.31. The van der Waals surface area contributed by atoms with Crippen molar-refractivity contribution in [2.24, 2.45) is 5.92 Å². The third kappa shape index (κ3) is 6.46. The summed E-state index contributed by atoms with van der Waals surface area (Å²) in [5.74, 6) is -0.400. The minimum absolute atomic E-state index is 0. The number of likely N-dealkylation sites (tertiary alicyclic amines) is 1. The zero-order valence-corrected chi connectivity index (χ0v) is 24.3. The Bertz CT molecular complexity index is 1070. The maximum atomic E-state index is 13.8. The molecule has 9 nitrogen and oxygen atoms in total. The predicted molar refractivity (Wildman–Crippen MR) is 153 cm³/mol. The highest BCUT2D eigenvalue weighted by Crippen LogP contribution is 2.37.